The Labute approximate surface area is 127 Å². The van der Waals surface area contributed by atoms with Crippen molar-refractivity contribution in [1.82, 2.24) is 15.1 Å². The number of nitriles is 1. The number of piperidine rings is 1. The summed E-state index contributed by atoms with van der Waals surface area (Å²) >= 11 is 6.23. The minimum Gasteiger partial charge on any atom is -0.355 e. The fourth-order valence-corrected chi connectivity index (χ4v) is 2.87. The number of halogens is 1. The molecule has 21 heavy (non-hydrogen) atoms. The van der Waals surface area contributed by atoms with Crippen molar-refractivity contribution in [2.45, 2.75) is 25.7 Å². The summed E-state index contributed by atoms with van der Waals surface area (Å²) in [6, 6.07) is 3.68. The zero-order chi connectivity index (χ0) is 14.8. The van der Waals surface area contributed by atoms with Crippen LogP contribution in [-0.4, -0.2) is 28.2 Å². The second-order valence-electron chi connectivity index (χ2n) is 5.10. The van der Waals surface area contributed by atoms with E-state index in [1.807, 2.05) is 6.07 Å². The van der Waals surface area contributed by atoms with E-state index in [9.17, 15) is 0 Å². The molecule has 1 fully saturated rings. The van der Waals surface area contributed by atoms with Crippen LogP contribution in [0.1, 0.15) is 36.0 Å². The number of anilines is 1. The van der Waals surface area contributed by atoms with Gasteiger partial charge in [-0.05, 0) is 18.9 Å². The molecule has 2 aromatic rings. The lowest BCUT2D eigenvalue weighted by molar-refractivity contribution is 0.376. The standard InChI is InChI=1S/C14H14ClN5O/c1-9-18-13(19-21-9)11-3-2-4-20(8-11)14-12(15)5-10(6-16)7-17-14/h5,7,11H,2-4,8H2,1H3/t11-/m1/s1. The van der Waals surface area contributed by atoms with Crippen molar-refractivity contribution in [2.75, 3.05) is 18.0 Å². The monoisotopic (exact) mass is 303 g/mol. The summed E-state index contributed by atoms with van der Waals surface area (Å²) < 4.78 is 5.06. The van der Waals surface area contributed by atoms with Crippen molar-refractivity contribution in [2.24, 2.45) is 0 Å². The summed E-state index contributed by atoms with van der Waals surface area (Å²) in [6.45, 7) is 3.42. The predicted molar refractivity (Wildman–Crippen MR) is 77.2 cm³/mol. The SMILES string of the molecule is Cc1nc([C@@H]2CCCN(c3ncc(C#N)cc3Cl)C2)no1. The number of pyridine rings is 1. The van der Waals surface area contributed by atoms with E-state index in [0.29, 0.717) is 22.3 Å². The summed E-state index contributed by atoms with van der Waals surface area (Å²) in [4.78, 5) is 10.7. The van der Waals surface area contributed by atoms with Crippen LogP contribution in [0.4, 0.5) is 5.82 Å². The topological polar surface area (TPSA) is 78.8 Å². The quantitative estimate of drug-likeness (QED) is 0.848. The second-order valence-corrected chi connectivity index (χ2v) is 5.51. The van der Waals surface area contributed by atoms with Gasteiger partial charge in [-0.2, -0.15) is 10.2 Å². The Kier molecular flexibility index (Phi) is 3.76. The number of hydrogen-bond donors (Lipinski definition) is 0. The van der Waals surface area contributed by atoms with Gasteiger partial charge in [-0.3, -0.25) is 0 Å². The molecule has 7 heteroatoms. The number of aryl methyl sites for hydroxylation is 1. The first-order chi connectivity index (χ1) is 10.2. The van der Waals surface area contributed by atoms with E-state index < -0.39 is 0 Å². The molecule has 0 spiro atoms. The van der Waals surface area contributed by atoms with Crippen molar-refractivity contribution in [3.8, 4) is 6.07 Å². The van der Waals surface area contributed by atoms with Crippen LogP contribution >= 0.6 is 11.6 Å². The van der Waals surface area contributed by atoms with Gasteiger partial charge in [0.15, 0.2) is 5.82 Å². The van der Waals surface area contributed by atoms with Gasteiger partial charge >= 0.3 is 0 Å². The van der Waals surface area contributed by atoms with E-state index in [2.05, 4.69) is 20.0 Å². The molecular formula is C14H14ClN5O. The summed E-state index contributed by atoms with van der Waals surface area (Å²) in [5.41, 5.74) is 0.464. The maximum atomic E-state index is 8.87. The van der Waals surface area contributed by atoms with Crippen LogP contribution in [0.2, 0.25) is 5.02 Å². The number of nitrogens with zero attached hydrogens (tertiary/aromatic N) is 5. The highest BCUT2D eigenvalue weighted by molar-refractivity contribution is 6.33. The average molecular weight is 304 g/mol. The van der Waals surface area contributed by atoms with Gasteiger partial charge in [-0.1, -0.05) is 16.8 Å². The summed E-state index contributed by atoms with van der Waals surface area (Å²) in [5, 5.41) is 13.4. The maximum absolute atomic E-state index is 8.87. The molecule has 0 amide bonds. The summed E-state index contributed by atoms with van der Waals surface area (Å²) in [6.07, 6.45) is 3.57. The lowest BCUT2D eigenvalue weighted by Gasteiger charge is -2.32. The van der Waals surface area contributed by atoms with Crippen LogP contribution in [0.15, 0.2) is 16.8 Å². The van der Waals surface area contributed by atoms with Gasteiger partial charge in [0.05, 0.1) is 10.6 Å². The minimum absolute atomic E-state index is 0.213. The van der Waals surface area contributed by atoms with Crippen molar-refractivity contribution >= 4 is 17.4 Å². The van der Waals surface area contributed by atoms with Crippen molar-refractivity contribution in [3.63, 3.8) is 0 Å². The maximum Gasteiger partial charge on any atom is 0.223 e. The third-order valence-electron chi connectivity index (χ3n) is 3.58. The molecule has 6 nitrogen and oxygen atoms in total. The van der Waals surface area contributed by atoms with Gasteiger partial charge < -0.3 is 9.42 Å². The van der Waals surface area contributed by atoms with Gasteiger partial charge in [-0.25, -0.2) is 4.98 Å². The van der Waals surface area contributed by atoms with E-state index in [1.54, 1.807) is 19.2 Å². The first-order valence-electron chi connectivity index (χ1n) is 6.78. The highest BCUT2D eigenvalue weighted by atomic mass is 35.5. The molecule has 0 saturated carbocycles. The van der Waals surface area contributed by atoms with Crippen molar-refractivity contribution in [3.05, 3.63) is 34.6 Å². The molecule has 1 aliphatic heterocycles. The molecule has 0 unspecified atom stereocenters. The molecule has 0 radical (unpaired) electrons. The number of rotatable bonds is 2. The van der Waals surface area contributed by atoms with Gasteiger partial charge in [0.25, 0.3) is 0 Å². The van der Waals surface area contributed by atoms with E-state index in [0.717, 1.165) is 31.8 Å². The smallest absolute Gasteiger partial charge is 0.223 e. The number of aromatic nitrogens is 3. The van der Waals surface area contributed by atoms with E-state index in [4.69, 9.17) is 21.4 Å². The molecule has 3 rings (SSSR count). The van der Waals surface area contributed by atoms with Gasteiger partial charge in [-0.15, -0.1) is 0 Å². The first kappa shape index (κ1) is 13.8. The second kappa shape index (κ2) is 5.70. The Bertz CT molecular complexity index is 693. The van der Waals surface area contributed by atoms with Crippen LogP contribution < -0.4 is 4.90 Å². The van der Waals surface area contributed by atoms with Gasteiger partial charge in [0, 0.05) is 32.1 Å². The molecule has 0 aromatic carbocycles. The van der Waals surface area contributed by atoms with E-state index in [-0.39, 0.29) is 5.92 Å². The molecule has 2 aromatic heterocycles. The minimum atomic E-state index is 0.213. The molecule has 1 aliphatic rings. The predicted octanol–water partition coefficient (Wildman–Crippen LogP) is 2.68. The van der Waals surface area contributed by atoms with E-state index >= 15 is 0 Å². The van der Waals surface area contributed by atoms with Crippen molar-refractivity contribution < 1.29 is 4.52 Å². The Morgan fingerprint density at radius 1 is 1.52 bits per heavy atom. The first-order valence-corrected chi connectivity index (χ1v) is 7.16. The summed E-state index contributed by atoms with van der Waals surface area (Å²) in [7, 11) is 0. The Balaban J connectivity index is 1.81. The molecule has 0 N–H and O–H groups in total. The number of hydrogen-bond acceptors (Lipinski definition) is 6. The van der Waals surface area contributed by atoms with Crippen LogP contribution in [0.25, 0.3) is 0 Å². The van der Waals surface area contributed by atoms with Crippen molar-refractivity contribution in [1.29, 1.82) is 5.26 Å². The third kappa shape index (κ3) is 2.83. The van der Waals surface area contributed by atoms with Crippen LogP contribution in [-0.2, 0) is 0 Å². The van der Waals surface area contributed by atoms with Crippen LogP contribution in [0.5, 0.6) is 0 Å². The molecule has 1 atom stereocenters. The average Bonchev–Trinajstić information content (AvgIpc) is 2.94. The zero-order valence-corrected chi connectivity index (χ0v) is 12.3. The Morgan fingerprint density at radius 2 is 2.38 bits per heavy atom. The Hall–Kier alpha value is -2.13. The molecular weight excluding hydrogens is 290 g/mol. The highest BCUT2D eigenvalue weighted by Gasteiger charge is 2.26. The fraction of sp³-hybridized carbons (Fsp3) is 0.429. The lowest BCUT2D eigenvalue weighted by Crippen LogP contribution is -2.35. The molecule has 0 bridgehead atoms. The highest BCUT2D eigenvalue weighted by Crippen LogP contribution is 2.31. The van der Waals surface area contributed by atoms with Crippen LogP contribution in [0, 0.1) is 18.3 Å². The summed E-state index contributed by atoms with van der Waals surface area (Å²) in [5.74, 6) is 2.24. The van der Waals surface area contributed by atoms with E-state index in [1.165, 1.54) is 0 Å². The fourth-order valence-electron chi connectivity index (χ4n) is 2.59. The zero-order valence-electron chi connectivity index (χ0n) is 11.6. The molecule has 108 valence electrons. The third-order valence-corrected chi connectivity index (χ3v) is 3.86. The van der Waals surface area contributed by atoms with Gasteiger partial charge in [0.1, 0.15) is 11.9 Å². The Morgan fingerprint density at radius 3 is 3.05 bits per heavy atom. The lowest BCUT2D eigenvalue weighted by atomic mass is 9.97. The van der Waals surface area contributed by atoms with Gasteiger partial charge in [0.2, 0.25) is 5.89 Å². The largest absolute Gasteiger partial charge is 0.355 e. The normalized spacial score (nSPS) is 18.5. The molecule has 3 heterocycles. The molecule has 1 saturated heterocycles. The molecule has 0 aliphatic carbocycles. The van der Waals surface area contributed by atoms with Crippen LogP contribution in [0.3, 0.4) is 0 Å².